The molecule has 1 aliphatic rings. The number of rotatable bonds is 6. The lowest BCUT2D eigenvalue weighted by Gasteiger charge is -2.26. The summed E-state index contributed by atoms with van der Waals surface area (Å²) in [5.74, 6) is -1.28. The van der Waals surface area contributed by atoms with Crippen LogP contribution in [-0.4, -0.2) is 37.1 Å². The minimum absolute atomic E-state index is 0.0164. The van der Waals surface area contributed by atoms with Gasteiger partial charge in [-0.2, -0.15) is 0 Å². The zero-order valence-electron chi connectivity index (χ0n) is 16.0. The van der Waals surface area contributed by atoms with E-state index in [0.717, 1.165) is 4.90 Å². The van der Waals surface area contributed by atoms with Gasteiger partial charge in [0.15, 0.2) is 5.76 Å². The van der Waals surface area contributed by atoms with Crippen LogP contribution in [0.15, 0.2) is 74.8 Å². The van der Waals surface area contributed by atoms with Gasteiger partial charge in [0.05, 0.1) is 36.1 Å². The molecule has 160 valence electrons. The van der Waals surface area contributed by atoms with Crippen molar-refractivity contribution < 1.29 is 31.6 Å². The number of nitrogens with two attached hydrogens (primary N) is 1. The number of carbonyl (C=O) groups excluding carboxylic acids is 3. The maximum atomic E-state index is 13.1. The van der Waals surface area contributed by atoms with Crippen molar-refractivity contribution >= 4 is 33.4 Å². The molecule has 0 aliphatic carbocycles. The fourth-order valence-corrected chi connectivity index (χ4v) is 3.87. The maximum absolute atomic E-state index is 13.1. The smallest absolute Gasteiger partial charge is 0.290 e. The number of furan rings is 2. The van der Waals surface area contributed by atoms with Crippen LogP contribution in [-0.2, 0) is 26.2 Å². The molecule has 0 spiro atoms. The van der Waals surface area contributed by atoms with Gasteiger partial charge in [-0.1, -0.05) is 0 Å². The number of benzene rings is 1. The van der Waals surface area contributed by atoms with Gasteiger partial charge >= 0.3 is 0 Å². The Morgan fingerprint density at radius 3 is 2.32 bits per heavy atom. The molecule has 3 amide bonds. The molecule has 1 atom stereocenters. The van der Waals surface area contributed by atoms with Crippen molar-refractivity contribution in [2.75, 3.05) is 4.90 Å². The highest BCUT2D eigenvalue weighted by Crippen LogP contribution is 2.28. The Kier molecular flexibility index (Phi) is 5.21. The van der Waals surface area contributed by atoms with Crippen LogP contribution in [0, 0.1) is 0 Å². The van der Waals surface area contributed by atoms with Crippen molar-refractivity contribution in [2.24, 2.45) is 5.14 Å². The number of amides is 3. The summed E-state index contributed by atoms with van der Waals surface area (Å²) in [4.78, 5) is 40.8. The van der Waals surface area contributed by atoms with Crippen molar-refractivity contribution in [2.45, 2.75) is 23.9 Å². The second kappa shape index (κ2) is 7.85. The van der Waals surface area contributed by atoms with Crippen LogP contribution in [0.3, 0.4) is 0 Å². The summed E-state index contributed by atoms with van der Waals surface area (Å²) in [6.45, 7) is -0.0472. The first-order valence-corrected chi connectivity index (χ1v) is 10.7. The van der Waals surface area contributed by atoms with E-state index < -0.39 is 33.8 Å². The predicted molar refractivity (Wildman–Crippen MR) is 106 cm³/mol. The molecule has 10 nitrogen and oxygen atoms in total. The van der Waals surface area contributed by atoms with Gasteiger partial charge in [-0.05, 0) is 48.5 Å². The molecule has 1 fully saturated rings. The van der Waals surface area contributed by atoms with E-state index in [4.69, 9.17) is 14.0 Å². The highest BCUT2D eigenvalue weighted by atomic mass is 32.2. The summed E-state index contributed by atoms with van der Waals surface area (Å²) >= 11 is 0. The van der Waals surface area contributed by atoms with Gasteiger partial charge in [-0.25, -0.2) is 18.5 Å². The van der Waals surface area contributed by atoms with E-state index in [0.29, 0.717) is 5.76 Å². The summed E-state index contributed by atoms with van der Waals surface area (Å²) in [5, 5.41) is 5.08. The molecular formula is C20H17N3O7S. The maximum Gasteiger partial charge on any atom is 0.290 e. The van der Waals surface area contributed by atoms with Crippen LogP contribution in [0.5, 0.6) is 0 Å². The van der Waals surface area contributed by atoms with Crippen molar-refractivity contribution in [1.29, 1.82) is 0 Å². The zero-order valence-corrected chi connectivity index (χ0v) is 16.8. The largest absolute Gasteiger partial charge is 0.467 e. The molecule has 0 bridgehead atoms. The fraction of sp³-hybridized carbons (Fsp3) is 0.150. The molecule has 1 saturated heterocycles. The Hall–Kier alpha value is -3.70. The lowest BCUT2D eigenvalue weighted by molar-refractivity contribution is -0.122. The van der Waals surface area contributed by atoms with Gasteiger partial charge in [0.2, 0.25) is 15.9 Å². The molecule has 0 saturated carbocycles. The molecule has 2 aromatic heterocycles. The molecule has 1 aromatic carbocycles. The summed E-state index contributed by atoms with van der Waals surface area (Å²) in [6.07, 6.45) is 2.52. The average Bonchev–Trinajstić information content (AvgIpc) is 3.48. The Morgan fingerprint density at radius 1 is 1.06 bits per heavy atom. The van der Waals surface area contributed by atoms with E-state index in [1.54, 1.807) is 18.2 Å². The normalized spacial score (nSPS) is 16.7. The predicted octanol–water partition coefficient (Wildman–Crippen LogP) is 1.49. The first kappa shape index (κ1) is 20.6. The van der Waals surface area contributed by atoms with Gasteiger partial charge < -0.3 is 13.7 Å². The minimum atomic E-state index is -3.92. The Labute approximate surface area is 176 Å². The standard InChI is InChI=1S/C20H17N3O7S/c21-31(27,28)15-7-5-13(6-8-15)23-18(24)11-16(19(23)25)22(12-14-3-1-9-29-14)20(26)17-4-2-10-30-17/h1-10,16H,11-12H2,(H2,21,27,28). The SMILES string of the molecule is NS(=O)(=O)c1ccc(N2C(=O)CC(N(Cc3ccco3)C(=O)c3ccco3)C2=O)cc1. The van der Waals surface area contributed by atoms with E-state index in [1.165, 1.54) is 47.8 Å². The first-order chi connectivity index (χ1) is 14.8. The van der Waals surface area contributed by atoms with Crippen molar-refractivity contribution in [3.05, 3.63) is 72.6 Å². The summed E-state index contributed by atoms with van der Waals surface area (Å²) < 4.78 is 33.4. The van der Waals surface area contributed by atoms with Crippen LogP contribution in [0.25, 0.3) is 0 Å². The highest BCUT2D eigenvalue weighted by molar-refractivity contribution is 7.89. The van der Waals surface area contributed by atoms with Gasteiger partial charge in [0.1, 0.15) is 11.8 Å². The second-order valence-electron chi connectivity index (χ2n) is 6.82. The fourth-order valence-electron chi connectivity index (χ4n) is 3.35. The van der Waals surface area contributed by atoms with E-state index in [1.807, 2.05) is 0 Å². The van der Waals surface area contributed by atoms with Crippen molar-refractivity contribution in [1.82, 2.24) is 4.90 Å². The molecule has 1 aliphatic heterocycles. The van der Waals surface area contributed by atoms with Crippen LogP contribution in [0.2, 0.25) is 0 Å². The summed E-state index contributed by atoms with van der Waals surface area (Å²) in [5.41, 5.74) is 0.174. The van der Waals surface area contributed by atoms with Gasteiger partial charge in [0, 0.05) is 0 Å². The quantitative estimate of drug-likeness (QED) is 0.568. The zero-order chi connectivity index (χ0) is 22.2. The van der Waals surface area contributed by atoms with Gasteiger partial charge in [-0.3, -0.25) is 14.4 Å². The third-order valence-electron chi connectivity index (χ3n) is 4.82. The third-order valence-corrected chi connectivity index (χ3v) is 5.75. The van der Waals surface area contributed by atoms with Crippen molar-refractivity contribution in [3.63, 3.8) is 0 Å². The molecular weight excluding hydrogens is 426 g/mol. The van der Waals surface area contributed by atoms with Crippen LogP contribution >= 0.6 is 0 Å². The average molecular weight is 443 g/mol. The number of hydrogen-bond acceptors (Lipinski definition) is 7. The molecule has 3 heterocycles. The molecule has 0 radical (unpaired) electrons. The third kappa shape index (κ3) is 4.00. The number of anilines is 1. The minimum Gasteiger partial charge on any atom is -0.467 e. The summed E-state index contributed by atoms with van der Waals surface area (Å²) in [7, 11) is -3.92. The van der Waals surface area contributed by atoms with Crippen LogP contribution in [0.4, 0.5) is 5.69 Å². The van der Waals surface area contributed by atoms with Crippen LogP contribution < -0.4 is 10.0 Å². The number of imide groups is 1. The van der Waals surface area contributed by atoms with Gasteiger partial charge in [0.25, 0.3) is 11.8 Å². The first-order valence-electron chi connectivity index (χ1n) is 9.12. The molecule has 11 heteroatoms. The number of nitrogens with zero attached hydrogens (tertiary/aromatic N) is 2. The molecule has 2 N–H and O–H groups in total. The van der Waals surface area contributed by atoms with E-state index in [9.17, 15) is 22.8 Å². The number of carbonyl (C=O) groups is 3. The number of sulfonamides is 1. The van der Waals surface area contributed by atoms with Crippen LogP contribution in [0.1, 0.15) is 22.7 Å². The van der Waals surface area contributed by atoms with E-state index in [-0.39, 0.29) is 29.3 Å². The van der Waals surface area contributed by atoms with E-state index in [2.05, 4.69) is 0 Å². The monoisotopic (exact) mass is 443 g/mol. The Morgan fingerprint density at radius 2 is 1.74 bits per heavy atom. The number of primary sulfonamides is 1. The van der Waals surface area contributed by atoms with Gasteiger partial charge in [-0.15, -0.1) is 0 Å². The lowest BCUT2D eigenvalue weighted by atomic mass is 10.2. The molecule has 1 unspecified atom stereocenters. The highest BCUT2D eigenvalue weighted by Gasteiger charge is 2.45. The van der Waals surface area contributed by atoms with Crippen molar-refractivity contribution in [3.8, 4) is 0 Å². The molecule has 31 heavy (non-hydrogen) atoms. The van der Waals surface area contributed by atoms with E-state index >= 15 is 0 Å². The topological polar surface area (TPSA) is 144 Å². The summed E-state index contributed by atoms with van der Waals surface area (Å²) in [6, 6.07) is 10.2. The lowest BCUT2D eigenvalue weighted by Crippen LogP contribution is -2.45. The molecule has 4 rings (SSSR count). The molecule has 3 aromatic rings. The Balaban J connectivity index is 1.65. The number of hydrogen-bond donors (Lipinski definition) is 1. The Bertz CT molecular complexity index is 1220. The second-order valence-corrected chi connectivity index (χ2v) is 8.38.